The third-order valence-corrected chi connectivity index (χ3v) is 4.44. The van der Waals surface area contributed by atoms with Crippen LogP contribution in [0.3, 0.4) is 0 Å². The molecule has 0 aromatic heterocycles. The van der Waals surface area contributed by atoms with Crippen molar-refractivity contribution in [2.45, 2.75) is 6.92 Å². The molecule has 182 valence electrons. The van der Waals surface area contributed by atoms with Gasteiger partial charge in [-0.1, -0.05) is 6.07 Å². The number of amides is 2. The molecule has 0 spiro atoms. The first-order chi connectivity index (χ1) is 16.3. The van der Waals surface area contributed by atoms with E-state index in [1.54, 1.807) is 24.3 Å². The molecule has 0 saturated carbocycles. The van der Waals surface area contributed by atoms with Gasteiger partial charge in [0.15, 0.2) is 23.0 Å². The van der Waals surface area contributed by atoms with Crippen molar-refractivity contribution in [3.8, 4) is 28.7 Å². The molecule has 0 aliphatic carbocycles. The minimum atomic E-state index is -0.862. The molecule has 11 nitrogen and oxygen atoms in total. The molecule has 0 aliphatic rings. The number of hydrogen-bond acceptors (Lipinski definition) is 9. The maximum atomic E-state index is 13.0. The SMILES string of the molecule is COC(=O)NNC(=O)/C(=C/c1ccc(OC)c(OC(C)=O)c1)c1cc(OC)c(OC)c(OC)c1. The number of ether oxygens (including phenoxy) is 6. The second-order valence-corrected chi connectivity index (χ2v) is 6.55. The van der Waals surface area contributed by atoms with Crippen LogP contribution in [0, 0.1) is 0 Å². The lowest BCUT2D eigenvalue weighted by Crippen LogP contribution is -2.41. The smallest absolute Gasteiger partial charge is 0.425 e. The van der Waals surface area contributed by atoms with Gasteiger partial charge in [-0.3, -0.25) is 15.0 Å². The van der Waals surface area contributed by atoms with Gasteiger partial charge in [0.05, 0.1) is 35.5 Å². The summed E-state index contributed by atoms with van der Waals surface area (Å²) in [6.45, 7) is 1.26. The van der Waals surface area contributed by atoms with Gasteiger partial charge in [0.1, 0.15) is 0 Å². The lowest BCUT2D eigenvalue weighted by Gasteiger charge is -2.16. The van der Waals surface area contributed by atoms with Gasteiger partial charge in [-0.2, -0.15) is 0 Å². The number of rotatable bonds is 8. The van der Waals surface area contributed by atoms with Crippen molar-refractivity contribution in [2.75, 3.05) is 35.5 Å². The Morgan fingerprint density at radius 1 is 0.765 bits per heavy atom. The molecule has 34 heavy (non-hydrogen) atoms. The molecule has 0 aliphatic heterocycles. The molecular weight excluding hydrogens is 448 g/mol. The van der Waals surface area contributed by atoms with Gasteiger partial charge in [0.25, 0.3) is 5.91 Å². The van der Waals surface area contributed by atoms with Crippen LogP contribution in [0.4, 0.5) is 4.79 Å². The standard InChI is InChI=1S/C23H26N2O9/c1-13(26)34-18-10-14(7-8-17(18)29-2)9-16(22(27)24-25-23(28)33-6)15-11-19(30-3)21(32-5)20(12-15)31-4/h7-12H,1-6H3,(H,24,27)(H,25,28)/b16-9+. The third kappa shape index (κ3) is 6.31. The molecule has 0 saturated heterocycles. The molecule has 2 amide bonds. The molecule has 0 unspecified atom stereocenters. The lowest BCUT2D eigenvalue weighted by atomic mass is 10.0. The number of carbonyl (C=O) groups is 3. The van der Waals surface area contributed by atoms with Crippen LogP contribution in [0.25, 0.3) is 11.6 Å². The Labute approximate surface area is 196 Å². The summed E-state index contributed by atoms with van der Waals surface area (Å²) in [5.74, 6) is 0.245. The van der Waals surface area contributed by atoms with Gasteiger partial charge in [-0.15, -0.1) is 0 Å². The zero-order chi connectivity index (χ0) is 25.3. The van der Waals surface area contributed by atoms with E-state index in [-0.39, 0.29) is 11.3 Å². The topological polar surface area (TPSA) is 131 Å². The Morgan fingerprint density at radius 2 is 1.38 bits per heavy atom. The van der Waals surface area contributed by atoms with Crippen LogP contribution >= 0.6 is 0 Å². The number of nitrogens with one attached hydrogen (secondary N) is 2. The van der Waals surface area contributed by atoms with E-state index in [0.29, 0.717) is 34.1 Å². The van der Waals surface area contributed by atoms with Crippen molar-refractivity contribution in [3.05, 3.63) is 41.5 Å². The maximum absolute atomic E-state index is 13.0. The van der Waals surface area contributed by atoms with Gasteiger partial charge < -0.3 is 28.4 Å². The largest absolute Gasteiger partial charge is 0.493 e. The fourth-order valence-corrected chi connectivity index (χ4v) is 2.93. The van der Waals surface area contributed by atoms with Crippen molar-refractivity contribution in [2.24, 2.45) is 0 Å². The van der Waals surface area contributed by atoms with Gasteiger partial charge in [-0.05, 0) is 41.5 Å². The minimum Gasteiger partial charge on any atom is -0.493 e. The fourth-order valence-electron chi connectivity index (χ4n) is 2.93. The summed E-state index contributed by atoms with van der Waals surface area (Å²) in [5, 5.41) is 0. The first-order valence-corrected chi connectivity index (χ1v) is 9.80. The molecule has 2 rings (SSSR count). The molecule has 0 fully saturated rings. The number of esters is 1. The van der Waals surface area contributed by atoms with Crippen LogP contribution < -0.4 is 34.5 Å². The number of hydrazine groups is 1. The van der Waals surface area contributed by atoms with Crippen molar-refractivity contribution in [1.29, 1.82) is 0 Å². The maximum Gasteiger partial charge on any atom is 0.425 e. The van der Waals surface area contributed by atoms with Crippen LogP contribution in [0.15, 0.2) is 30.3 Å². The Balaban J connectivity index is 2.66. The highest BCUT2D eigenvalue weighted by molar-refractivity contribution is 6.24. The monoisotopic (exact) mass is 474 g/mol. The molecular formula is C23H26N2O9. The highest BCUT2D eigenvalue weighted by Crippen LogP contribution is 2.40. The summed E-state index contributed by atoms with van der Waals surface area (Å²) in [6, 6.07) is 7.91. The summed E-state index contributed by atoms with van der Waals surface area (Å²) in [5.41, 5.74) is 5.37. The van der Waals surface area contributed by atoms with Gasteiger partial charge in [0.2, 0.25) is 5.75 Å². The number of hydrogen-bond donors (Lipinski definition) is 2. The quantitative estimate of drug-likeness (QED) is 0.195. The van der Waals surface area contributed by atoms with E-state index in [1.807, 2.05) is 0 Å². The molecule has 11 heteroatoms. The second-order valence-electron chi connectivity index (χ2n) is 6.55. The highest BCUT2D eigenvalue weighted by Gasteiger charge is 2.20. The van der Waals surface area contributed by atoms with Crippen LogP contribution in [0.5, 0.6) is 28.7 Å². The van der Waals surface area contributed by atoms with E-state index >= 15 is 0 Å². The molecule has 0 bridgehead atoms. The Morgan fingerprint density at radius 3 is 1.88 bits per heavy atom. The zero-order valence-electron chi connectivity index (χ0n) is 19.6. The fraction of sp³-hybridized carbons (Fsp3) is 0.261. The minimum absolute atomic E-state index is 0.106. The summed E-state index contributed by atoms with van der Waals surface area (Å²) in [6.07, 6.45) is 0.653. The van der Waals surface area contributed by atoms with E-state index in [4.69, 9.17) is 23.7 Å². The van der Waals surface area contributed by atoms with Crippen LogP contribution in [-0.2, 0) is 14.3 Å². The molecule has 0 atom stereocenters. The summed E-state index contributed by atoms with van der Waals surface area (Å²) in [4.78, 5) is 36.0. The first-order valence-electron chi connectivity index (χ1n) is 9.80. The van der Waals surface area contributed by atoms with Crippen molar-refractivity contribution < 1.29 is 42.8 Å². The van der Waals surface area contributed by atoms with E-state index in [2.05, 4.69) is 15.6 Å². The summed E-state index contributed by atoms with van der Waals surface area (Å²) in [7, 11) is 6.94. The second kappa shape index (κ2) is 12.0. The Bertz CT molecular complexity index is 1070. The van der Waals surface area contributed by atoms with Gasteiger partial charge in [0, 0.05) is 12.5 Å². The van der Waals surface area contributed by atoms with E-state index in [9.17, 15) is 14.4 Å². The predicted molar refractivity (Wildman–Crippen MR) is 122 cm³/mol. The van der Waals surface area contributed by atoms with Crippen LogP contribution in [0.2, 0.25) is 0 Å². The number of benzene rings is 2. The lowest BCUT2D eigenvalue weighted by molar-refractivity contribution is -0.132. The molecule has 2 N–H and O–H groups in total. The number of carbonyl (C=O) groups excluding carboxylic acids is 3. The summed E-state index contributed by atoms with van der Waals surface area (Å²) < 4.78 is 31.0. The van der Waals surface area contributed by atoms with E-state index < -0.39 is 18.0 Å². The molecule has 0 heterocycles. The Kier molecular flexibility index (Phi) is 9.12. The predicted octanol–water partition coefficient (Wildman–Crippen LogP) is 2.57. The van der Waals surface area contributed by atoms with E-state index in [1.165, 1.54) is 47.5 Å². The van der Waals surface area contributed by atoms with Crippen molar-refractivity contribution in [3.63, 3.8) is 0 Å². The third-order valence-electron chi connectivity index (χ3n) is 4.44. The van der Waals surface area contributed by atoms with Crippen molar-refractivity contribution in [1.82, 2.24) is 10.9 Å². The van der Waals surface area contributed by atoms with Crippen LogP contribution in [0.1, 0.15) is 18.1 Å². The average Bonchev–Trinajstić information content (AvgIpc) is 2.84. The van der Waals surface area contributed by atoms with Crippen LogP contribution in [-0.4, -0.2) is 53.5 Å². The number of methoxy groups -OCH3 is 5. The normalized spacial score (nSPS) is 10.6. The van der Waals surface area contributed by atoms with Gasteiger partial charge >= 0.3 is 12.1 Å². The van der Waals surface area contributed by atoms with E-state index in [0.717, 1.165) is 7.11 Å². The summed E-state index contributed by atoms with van der Waals surface area (Å²) >= 11 is 0. The molecule has 2 aromatic carbocycles. The first kappa shape index (κ1) is 25.8. The molecule has 2 aromatic rings. The van der Waals surface area contributed by atoms with Gasteiger partial charge in [-0.25, -0.2) is 10.2 Å². The Hall–Kier alpha value is -4.41. The average molecular weight is 474 g/mol. The van der Waals surface area contributed by atoms with Crippen molar-refractivity contribution >= 4 is 29.6 Å². The zero-order valence-corrected chi connectivity index (χ0v) is 19.6. The molecule has 0 radical (unpaired) electrons. The highest BCUT2D eigenvalue weighted by atomic mass is 16.6.